The SMILES string of the molecule is Cc1ccn2cc(CC(=O)NCc3ccc(F)cc3)nc2c1. The number of nitrogens with zero attached hydrogens (tertiary/aromatic N) is 2. The summed E-state index contributed by atoms with van der Waals surface area (Å²) in [5.41, 5.74) is 3.55. The molecule has 0 unspecified atom stereocenters. The summed E-state index contributed by atoms with van der Waals surface area (Å²) >= 11 is 0. The fraction of sp³-hybridized carbons (Fsp3) is 0.176. The standard InChI is InChI=1S/C17H16FN3O/c1-12-6-7-21-11-15(20-16(21)8-12)9-17(22)19-10-13-2-4-14(18)5-3-13/h2-8,11H,9-10H2,1H3,(H,19,22). The highest BCUT2D eigenvalue weighted by Crippen LogP contribution is 2.08. The number of hydrogen-bond acceptors (Lipinski definition) is 2. The molecule has 22 heavy (non-hydrogen) atoms. The van der Waals surface area contributed by atoms with Crippen molar-refractivity contribution < 1.29 is 9.18 Å². The zero-order valence-electron chi connectivity index (χ0n) is 12.2. The smallest absolute Gasteiger partial charge is 0.226 e. The lowest BCUT2D eigenvalue weighted by molar-refractivity contribution is -0.120. The number of rotatable bonds is 4. The number of fused-ring (bicyclic) bond motifs is 1. The third kappa shape index (κ3) is 3.31. The van der Waals surface area contributed by atoms with Gasteiger partial charge < -0.3 is 9.72 Å². The van der Waals surface area contributed by atoms with E-state index in [1.165, 1.54) is 12.1 Å². The van der Waals surface area contributed by atoms with Crippen molar-refractivity contribution in [3.8, 4) is 0 Å². The first-order valence-corrected chi connectivity index (χ1v) is 7.05. The van der Waals surface area contributed by atoms with Gasteiger partial charge in [0.25, 0.3) is 0 Å². The third-order valence-corrected chi connectivity index (χ3v) is 3.41. The van der Waals surface area contributed by atoms with E-state index in [4.69, 9.17) is 0 Å². The number of aromatic nitrogens is 2. The first-order chi connectivity index (χ1) is 10.6. The van der Waals surface area contributed by atoms with Crippen molar-refractivity contribution in [3.63, 3.8) is 0 Å². The monoisotopic (exact) mass is 297 g/mol. The summed E-state index contributed by atoms with van der Waals surface area (Å²) in [5, 5.41) is 2.81. The second-order valence-electron chi connectivity index (χ2n) is 5.28. The van der Waals surface area contributed by atoms with Crippen LogP contribution in [0.15, 0.2) is 48.8 Å². The Hall–Kier alpha value is -2.69. The van der Waals surface area contributed by atoms with Gasteiger partial charge >= 0.3 is 0 Å². The summed E-state index contributed by atoms with van der Waals surface area (Å²) in [4.78, 5) is 16.4. The van der Waals surface area contributed by atoms with E-state index in [0.29, 0.717) is 6.54 Å². The first-order valence-electron chi connectivity index (χ1n) is 7.05. The van der Waals surface area contributed by atoms with Crippen molar-refractivity contribution in [2.45, 2.75) is 19.9 Å². The normalized spacial score (nSPS) is 10.8. The van der Waals surface area contributed by atoms with E-state index in [-0.39, 0.29) is 18.1 Å². The van der Waals surface area contributed by atoms with Crippen molar-refractivity contribution in [2.75, 3.05) is 0 Å². The van der Waals surface area contributed by atoms with Crippen LogP contribution in [0.5, 0.6) is 0 Å². The van der Waals surface area contributed by atoms with Gasteiger partial charge in [0.05, 0.1) is 12.1 Å². The molecular formula is C17H16FN3O. The quantitative estimate of drug-likeness (QED) is 0.804. The van der Waals surface area contributed by atoms with Crippen LogP contribution in [0.25, 0.3) is 5.65 Å². The molecule has 0 saturated heterocycles. The Morgan fingerprint density at radius 3 is 2.82 bits per heavy atom. The van der Waals surface area contributed by atoms with Crippen LogP contribution in [0.4, 0.5) is 4.39 Å². The van der Waals surface area contributed by atoms with Crippen LogP contribution >= 0.6 is 0 Å². The van der Waals surface area contributed by atoms with Gasteiger partial charge in [0.15, 0.2) is 0 Å². The number of hydrogen-bond donors (Lipinski definition) is 1. The molecule has 0 aliphatic heterocycles. The van der Waals surface area contributed by atoms with Gasteiger partial charge in [-0.15, -0.1) is 0 Å². The molecule has 2 aromatic heterocycles. The number of aryl methyl sites for hydroxylation is 1. The maximum atomic E-state index is 12.8. The molecule has 0 bridgehead atoms. The van der Waals surface area contributed by atoms with Gasteiger partial charge in [0.1, 0.15) is 11.5 Å². The number of pyridine rings is 1. The van der Waals surface area contributed by atoms with Gasteiger partial charge in [-0.1, -0.05) is 12.1 Å². The van der Waals surface area contributed by atoms with Crippen LogP contribution in [0.3, 0.4) is 0 Å². The van der Waals surface area contributed by atoms with Crippen LogP contribution in [-0.4, -0.2) is 15.3 Å². The number of benzene rings is 1. The average Bonchev–Trinajstić information content (AvgIpc) is 2.88. The predicted molar refractivity (Wildman–Crippen MR) is 81.9 cm³/mol. The number of halogens is 1. The maximum absolute atomic E-state index is 12.8. The molecule has 0 fully saturated rings. The summed E-state index contributed by atoms with van der Waals surface area (Å²) in [6, 6.07) is 10.0. The second-order valence-corrected chi connectivity index (χ2v) is 5.28. The Kier molecular flexibility index (Phi) is 3.87. The topological polar surface area (TPSA) is 46.4 Å². The minimum Gasteiger partial charge on any atom is -0.352 e. The molecular weight excluding hydrogens is 281 g/mol. The lowest BCUT2D eigenvalue weighted by Crippen LogP contribution is -2.24. The molecule has 2 heterocycles. The predicted octanol–water partition coefficient (Wildman–Crippen LogP) is 2.64. The Morgan fingerprint density at radius 1 is 1.27 bits per heavy atom. The molecule has 0 saturated carbocycles. The van der Waals surface area contributed by atoms with Crippen LogP contribution in [0, 0.1) is 12.7 Å². The second kappa shape index (κ2) is 5.97. The van der Waals surface area contributed by atoms with Crippen molar-refractivity contribution in [3.05, 3.63) is 71.4 Å². The highest BCUT2D eigenvalue weighted by Gasteiger charge is 2.07. The Balaban J connectivity index is 1.61. The first kappa shape index (κ1) is 14.3. The van der Waals surface area contributed by atoms with Crippen molar-refractivity contribution in [2.24, 2.45) is 0 Å². The molecule has 0 atom stereocenters. The van der Waals surface area contributed by atoms with E-state index in [9.17, 15) is 9.18 Å². The van der Waals surface area contributed by atoms with E-state index in [1.807, 2.05) is 35.9 Å². The number of carbonyl (C=O) groups excluding carboxylic acids is 1. The molecule has 112 valence electrons. The summed E-state index contributed by atoms with van der Waals surface area (Å²) in [7, 11) is 0. The van der Waals surface area contributed by atoms with E-state index in [0.717, 1.165) is 22.5 Å². The van der Waals surface area contributed by atoms with E-state index >= 15 is 0 Å². The lowest BCUT2D eigenvalue weighted by atomic mass is 10.2. The average molecular weight is 297 g/mol. The lowest BCUT2D eigenvalue weighted by Gasteiger charge is -2.04. The minimum absolute atomic E-state index is 0.107. The van der Waals surface area contributed by atoms with Gasteiger partial charge in [-0.3, -0.25) is 4.79 Å². The van der Waals surface area contributed by atoms with Gasteiger partial charge in [-0.05, 0) is 42.3 Å². The van der Waals surface area contributed by atoms with Gasteiger partial charge in [0, 0.05) is 18.9 Å². The molecule has 4 nitrogen and oxygen atoms in total. The number of amides is 1. The van der Waals surface area contributed by atoms with Crippen LogP contribution in [0.2, 0.25) is 0 Å². The molecule has 3 aromatic rings. The van der Waals surface area contributed by atoms with Crippen LogP contribution in [-0.2, 0) is 17.8 Å². The molecule has 1 aromatic carbocycles. The van der Waals surface area contributed by atoms with Crippen LogP contribution in [0.1, 0.15) is 16.8 Å². The van der Waals surface area contributed by atoms with Gasteiger partial charge in [0.2, 0.25) is 5.91 Å². The maximum Gasteiger partial charge on any atom is 0.226 e. The zero-order valence-corrected chi connectivity index (χ0v) is 12.2. The zero-order chi connectivity index (χ0) is 15.5. The molecule has 1 N–H and O–H groups in total. The summed E-state index contributed by atoms with van der Waals surface area (Å²) in [5.74, 6) is -0.389. The Morgan fingerprint density at radius 2 is 2.05 bits per heavy atom. The molecule has 0 spiro atoms. The molecule has 3 rings (SSSR count). The fourth-order valence-corrected chi connectivity index (χ4v) is 2.25. The van der Waals surface area contributed by atoms with Crippen LogP contribution < -0.4 is 5.32 Å². The summed E-state index contributed by atoms with van der Waals surface area (Å²) in [6.07, 6.45) is 4.01. The molecule has 0 aliphatic carbocycles. The largest absolute Gasteiger partial charge is 0.352 e. The Labute approximate surface area is 127 Å². The number of carbonyl (C=O) groups is 1. The third-order valence-electron chi connectivity index (χ3n) is 3.41. The Bertz CT molecular complexity index is 808. The fourth-order valence-electron chi connectivity index (χ4n) is 2.25. The van der Waals surface area contributed by atoms with Crippen molar-refractivity contribution in [1.82, 2.24) is 14.7 Å². The van der Waals surface area contributed by atoms with Gasteiger partial charge in [-0.2, -0.15) is 0 Å². The summed E-state index contributed by atoms with van der Waals surface area (Å²) < 4.78 is 14.7. The molecule has 1 amide bonds. The molecule has 0 radical (unpaired) electrons. The minimum atomic E-state index is -0.282. The molecule has 5 heteroatoms. The van der Waals surface area contributed by atoms with Crippen molar-refractivity contribution in [1.29, 1.82) is 0 Å². The van der Waals surface area contributed by atoms with Gasteiger partial charge in [-0.25, -0.2) is 9.37 Å². The summed E-state index contributed by atoms with van der Waals surface area (Å²) in [6.45, 7) is 2.38. The number of imidazole rings is 1. The van der Waals surface area contributed by atoms with E-state index in [2.05, 4.69) is 10.3 Å². The number of nitrogens with one attached hydrogen (secondary N) is 1. The highest BCUT2D eigenvalue weighted by atomic mass is 19.1. The highest BCUT2D eigenvalue weighted by molar-refractivity contribution is 5.78. The van der Waals surface area contributed by atoms with E-state index in [1.54, 1.807) is 12.1 Å². The van der Waals surface area contributed by atoms with E-state index < -0.39 is 0 Å². The van der Waals surface area contributed by atoms with Crippen molar-refractivity contribution >= 4 is 11.6 Å². The molecule has 0 aliphatic rings.